The van der Waals surface area contributed by atoms with E-state index in [-0.39, 0.29) is 5.69 Å². The van der Waals surface area contributed by atoms with Crippen LogP contribution in [0.2, 0.25) is 0 Å². The van der Waals surface area contributed by atoms with Crippen LogP contribution in [0.15, 0.2) is 34.9 Å². The van der Waals surface area contributed by atoms with Crippen LogP contribution >= 0.6 is 0 Å². The van der Waals surface area contributed by atoms with Gasteiger partial charge in [0.25, 0.3) is 0 Å². The summed E-state index contributed by atoms with van der Waals surface area (Å²) in [7, 11) is 0. The number of H-pyrrole nitrogens is 1. The number of nitrogens with zero attached hydrogens (tertiary/aromatic N) is 2. The van der Waals surface area contributed by atoms with E-state index < -0.39 is 0 Å². The molecular weight excluding hydrogens is 334 g/mol. The van der Waals surface area contributed by atoms with Crippen molar-refractivity contribution < 1.29 is 0 Å². The highest BCUT2D eigenvalue weighted by Gasteiger charge is 2.22. The van der Waals surface area contributed by atoms with Gasteiger partial charge < -0.3 is 9.88 Å². The summed E-state index contributed by atoms with van der Waals surface area (Å²) in [5.41, 5.74) is 4.85. The van der Waals surface area contributed by atoms with Crippen molar-refractivity contribution in [1.82, 2.24) is 9.97 Å². The molecule has 1 fully saturated rings. The third-order valence-electron chi connectivity index (χ3n) is 5.45. The van der Waals surface area contributed by atoms with Gasteiger partial charge in [-0.05, 0) is 44.9 Å². The van der Waals surface area contributed by atoms with Crippen LogP contribution in [0, 0.1) is 0 Å². The number of hydrogen-bond donors (Lipinski definition) is 1. The maximum absolute atomic E-state index is 11.7. The molecule has 1 aromatic heterocycles. The van der Waals surface area contributed by atoms with Gasteiger partial charge >= 0.3 is 5.69 Å². The zero-order chi connectivity index (χ0) is 19.5. The quantitative estimate of drug-likeness (QED) is 0.389. The predicted octanol–water partition coefficient (Wildman–Crippen LogP) is 5.90. The van der Waals surface area contributed by atoms with Crippen molar-refractivity contribution in [3.63, 3.8) is 0 Å². The fourth-order valence-electron chi connectivity index (χ4n) is 4.01. The lowest BCUT2D eigenvalue weighted by Gasteiger charge is -2.35. The number of rotatable bonds is 11. The highest BCUT2D eigenvalue weighted by Crippen LogP contribution is 2.34. The van der Waals surface area contributed by atoms with Crippen molar-refractivity contribution >= 4 is 5.69 Å². The Bertz CT molecular complexity index is 662. The number of unbranched alkanes of at least 4 members (excludes halogenated alkanes) is 4. The van der Waals surface area contributed by atoms with Crippen molar-refractivity contribution in [3.05, 3.63) is 46.3 Å². The first-order chi connectivity index (χ1) is 13.2. The smallest absolute Gasteiger partial charge is 0.342 e. The molecule has 1 aliphatic rings. The van der Waals surface area contributed by atoms with Gasteiger partial charge in [-0.25, -0.2) is 4.79 Å². The highest BCUT2D eigenvalue weighted by atomic mass is 16.1. The summed E-state index contributed by atoms with van der Waals surface area (Å²) in [6.07, 6.45) is 17.9. The van der Waals surface area contributed by atoms with E-state index >= 15 is 0 Å². The Morgan fingerprint density at radius 1 is 1.19 bits per heavy atom. The molecule has 0 amide bonds. The molecule has 4 heteroatoms. The Kier molecular flexibility index (Phi) is 9.37. The predicted molar refractivity (Wildman–Crippen MR) is 115 cm³/mol. The fraction of sp³-hybridized carbons (Fsp3) is 0.652. The molecule has 2 heterocycles. The van der Waals surface area contributed by atoms with E-state index in [1.54, 1.807) is 11.8 Å². The fourth-order valence-corrected chi connectivity index (χ4v) is 4.01. The minimum atomic E-state index is -0.274. The van der Waals surface area contributed by atoms with Crippen molar-refractivity contribution in [2.75, 3.05) is 11.4 Å². The SMILES string of the molecule is C=CCc1[nH]c(=O)ncc1N1CCCCC1=C(CCCCC)CCCCC. The zero-order valence-corrected chi connectivity index (χ0v) is 17.4. The van der Waals surface area contributed by atoms with Crippen LogP contribution in [-0.2, 0) is 6.42 Å². The number of anilines is 1. The third-order valence-corrected chi connectivity index (χ3v) is 5.45. The molecule has 150 valence electrons. The van der Waals surface area contributed by atoms with Gasteiger partial charge in [-0.15, -0.1) is 6.58 Å². The number of aromatic amines is 1. The minimum Gasteiger partial charge on any atom is -0.342 e. The van der Waals surface area contributed by atoms with E-state index in [0.717, 1.165) is 24.3 Å². The average molecular weight is 372 g/mol. The van der Waals surface area contributed by atoms with Crippen molar-refractivity contribution in [2.24, 2.45) is 0 Å². The molecule has 1 aliphatic heterocycles. The lowest BCUT2D eigenvalue weighted by Crippen LogP contribution is -2.31. The van der Waals surface area contributed by atoms with Gasteiger partial charge in [0.1, 0.15) is 0 Å². The molecule has 0 unspecified atom stereocenters. The molecule has 0 radical (unpaired) electrons. The summed E-state index contributed by atoms with van der Waals surface area (Å²) < 4.78 is 0. The molecule has 1 N–H and O–H groups in total. The summed E-state index contributed by atoms with van der Waals surface area (Å²) in [4.78, 5) is 21.1. The molecule has 0 atom stereocenters. The van der Waals surface area contributed by atoms with Gasteiger partial charge in [0.15, 0.2) is 0 Å². The van der Waals surface area contributed by atoms with Gasteiger partial charge in [0.2, 0.25) is 0 Å². The lowest BCUT2D eigenvalue weighted by atomic mass is 9.94. The Morgan fingerprint density at radius 2 is 1.89 bits per heavy atom. The Hall–Kier alpha value is -1.84. The van der Waals surface area contributed by atoms with Gasteiger partial charge in [-0.3, -0.25) is 0 Å². The van der Waals surface area contributed by atoms with Crippen LogP contribution in [0.3, 0.4) is 0 Å². The first-order valence-corrected chi connectivity index (χ1v) is 10.9. The molecule has 1 aromatic rings. The van der Waals surface area contributed by atoms with Crippen molar-refractivity contribution in [2.45, 2.75) is 90.9 Å². The van der Waals surface area contributed by atoms with Crippen LogP contribution in [0.1, 0.15) is 90.2 Å². The minimum absolute atomic E-state index is 0.274. The van der Waals surface area contributed by atoms with Crippen LogP contribution < -0.4 is 10.6 Å². The number of hydrogen-bond acceptors (Lipinski definition) is 3. The van der Waals surface area contributed by atoms with Gasteiger partial charge in [-0.1, -0.05) is 51.2 Å². The second kappa shape index (κ2) is 11.8. The van der Waals surface area contributed by atoms with Crippen LogP contribution in [-0.4, -0.2) is 16.5 Å². The number of aromatic nitrogens is 2. The molecular formula is C23H37N3O. The van der Waals surface area contributed by atoms with E-state index in [1.807, 2.05) is 6.08 Å². The van der Waals surface area contributed by atoms with Gasteiger partial charge in [0, 0.05) is 24.4 Å². The first kappa shape index (κ1) is 21.5. The van der Waals surface area contributed by atoms with E-state index in [4.69, 9.17) is 0 Å². The van der Waals surface area contributed by atoms with Crippen molar-refractivity contribution in [1.29, 1.82) is 0 Å². The molecule has 27 heavy (non-hydrogen) atoms. The van der Waals surface area contributed by atoms with Crippen LogP contribution in [0.25, 0.3) is 0 Å². The van der Waals surface area contributed by atoms with E-state index in [2.05, 4.69) is 35.3 Å². The molecule has 0 aliphatic carbocycles. The Labute approximate surface area is 164 Å². The summed E-state index contributed by atoms with van der Waals surface area (Å²) in [5.74, 6) is 0. The average Bonchev–Trinajstić information content (AvgIpc) is 2.68. The van der Waals surface area contributed by atoms with Gasteiger partial charge in [0.05, 0.1) is 11.9 Å². The molecule has 1 saturated heterocycles. The number of allylic oxidation sites excluding steroid dienone is 3. The molecule has 0 spiro atoms. The zero-order valence-electron chi connectivity index (χ0n) is 17.4. The lowest BCUT2D eigenvalue weighted by molar-refractivity contribution is 0.596. The van der Waals surface area contributed by atoms with Gasteiger partial charge in [-0.2, -0.15) is 4.98 Å². The maximum Gasteiger partial charge on any atom is 0.345 e. The summed E-state index contributed by atoms with van der Waals surface area (Å²) >= 11 is 0. The second-order valence-electron chi connectivity index (χ2n) is 7.62. The highest BCUT2D eigenvalue weighted by molar-refractivity contribution is 5.56. The summed E-state index contributed by atoms with van der Waals surface area (Å²) in [6.45, 7) is 9.40. The molecule has 4 nitrogen and oxygen atoms in total. The van der Waals surface area contributed by atoms with E-state index in [0.29, 0.717) is 6.42 Å². The topological polar surface area (TPSA) is 49.0 Å². The van der Waals surface area contributed by atoms with E-state index in [1.165, 1.54) is 69.9 Å². The number of piperidine rings is 1. The first-order valence-electron chi connectivity index (χ1n) is 10.9. The number of nitrogens with one attached hydrogen (secondary N) is 1. The molecule has 0 bridgehead atoms. The van der Waals surface area contributed by atoms with Crippen LogP contribution in [0.5, 0.6) is 0 Å². The monoisotopic (exact) mass is 371 g/mol. The summed E-state index contributed by atoms with van der Waals surface area (Å²) in [5, 5.41) is 0. The van der Waals surface area contributed by atoms with Crippen molar-refractivity contribution in [3.8, 4) is 0 Å². The molecule has 2 rings (SSSR count). The Morgan fingerprint density at radius 3 is 2.52 bits per heavy atom. The second-order valence-corrected chi connectivity index (χ2v) is 7.62. The standard InChI is InChI=1S/C23H37N3O/c1-4-7-9-14-19(15-10-8-5-2)21-16-11-12-17-26(21)22-18-24-23(27)25-20(22)13-6-3/h6,18H,3-5,7-17H2,1-2H3,(H,24,25,27). The largest absolute Gasteiger partial charge is 0.345 e. The van der Waals surface area contributed by atoms with E-state index in [9.17, 15) is 4.79 Å². The van der Waals surface area contributed by atoms with Crippen LogP contribution in [0.4, 0.5) is 5.69 Å². The summed E-state index contributed by atoms with van der Waals surface area (Å²) in [6, 6.07) is 0. The molecule has 0 aromatic carbocycles. The Balaban J connectivity index is 2.37. The molecule has 0 saturated carbocycles. The normalized spacial score (nSPS) is 14.4. The maximum atomic E-state index is 11.7. The third kappa shape index (κ3) is 6.37.